The molecule has 20 heavy (non-hydrogen) atoms. The van der Waals surface area contributed by atoms with Crippen LogP contribution in [0.5, 0.6) is 0 Å². The van der Waals surface area contributed by atoms with E-state index < -0.39 is 0 Å². The van der Waals surface area contributed by atoms with Crippen LogP contribution < -0.4 is 11.4 Å². The van der Waals surface area contributed by atoms with Gasteiger partial charge in [0.15, 0.2) is 0 Å². The molecule has 3 aliphatic rings. The van der Waals surface area contributed by atoms with Crippen LogP contribution in [0.4, 0.5) is 0 Å². The van der Waals surface area contributed by atoms with Gasteiger partial charge in [-0.25, -0.2) is 23.5 Å². The Labute approximate surface area is 115 Å². The van der Waals surface area contributed by atoms with E-state index in [1.165, 1.54) is 4.57 Å². The van der Waals surface area contributed by atoms with Gasteiger partial charge in [0.25, 0.3) is 0 Å². The molecule has 5 heteroatoms. The molecule has 2 aliphatic heterocycles. The Morgan fingerprint density at radius 1 is 0.950 bits per heavy atom. The number of hydrogen-bond donors (Lipinski definition) is 0. The molecule has 0 saturated heterocycles. The fourth-order valence-electron chi connectivity index (χ4n) is 3.30. The Bertz CT molecular complexity index is 795. The van der Waals surface area contributed by atoms with Crippen molar-refractivity contribution < 1.29 is 0 Å². The highest BCUT2D eigenvalue weighted by Crippen LogP contribution is 2.32. The molecule has 1 aliphatic carbocycles. The van der Waals surface area contributed by atoms with Gasteiger partial charge >= 0.3 is 11.4 Å². The molecule has 5 rings (SSSR count). The molecule has 2 atom stereocenters. The summed E-state index contributed by atoms with van der Waals surface area (Å²) in [6, 6.07) is 9.25. The maximum atomic E-state index is 12.7. The summed E-state index contributed by atoms with van der Waals surface area (Å²) in [5, 5.41) is 0. The molecule has 2 aromatic rings. The van der Waals surface area contributed by atoms with Crippen molar-refractivity contribution in [1.29, 1.82) is 0 Å². The van der Waals surface area contributed by atoms with E-state index in [2.05, 4.69) is 12.2 Å². The summed E-state index contributed by atoms with van der Waals surface area (Å²) in [5.41, 5.74) is 0.181. The first kappa shape index (κ1) is 11.5. The summed E-state index contributed by atoms with van der Waals surface area (Å²) in [5.74, 6) is 0. The van der Waals surface area contributed by atoms with Gasteiger partial charge in [-0.15, -0.1) is 0 Å². The van der Waals surface area contributed by atoms with E-state index in [0.29, 0.717) is 5.69 Å². The van der Waals surface area contributed by atoms with E-state index in [4.69, 9.17) is 0 Å². The number of para-hydroxylation sites is 1. The molecule has 102 valence electrons. The van der Waals surface area contributed by atoms with E-state index in [1.807, 2.05) is 18.2 Å². The van der Waals surface area contributed by atoms with Gasteiger partial charge in [0, 0.05) is 0 Å². The average Bonchev–Trinajstić information content (AvgIpc) is 2.69. The first-order valence-electron chi connectivity index (χ1n) is 6.95. The van der Waals surface area contributed by atoms with Gasteiger partial charge in [0.1, 0.15) is 0 Å². The summed E-state index contributed by atoms with van der Waals surface area (Å²) in [6.07, 6.45) is 6.86. The molecule has 5 nitrogen and oxygen atoms in total. The molecule has 0 fully saturated rings. The summed E-state index contributed by atoms with van der Waals surface area (Å²) in [4.78, 5) is 25.3. The van der Waals surface area contributed by atoms with Crippen LogP contribution in [0.3, 0.4) is 0 Å². The largest absolute Gasteiger partial charge is 0.352 e. The van der Waals surface area contributed by atoms with Gasteiger partial charge < -0.3 is 0 Å². The van der Waals surface area contributed by atoms with E-state index in [9.17, 15) is 9.59 Å². The van der Waals surface area contributed by atoms with Crippen molar-refractivity contribution in [2.75, 3.05) is 0 Å². The standard InChI is InChI=1S/C15H15N3O2/c19-14-16(11-5-2-1-3-6-11)15(20)18-13-8-4-7-12(9-10-13)17(14)18/h1-7,12-13H,8-10H2. The minimum absolute atomic E-state index is 0.0129. The highest BCUT2D eigenvalue weighted by atomic mass is 16.2. The zero-order valence-electron chi connectivity index (χ0n) is 11.0. The molecule has 2 unspecified atom stereocenters. The number of nitrogens with zero attached hydrogens (tertiary/aromatic N) is 3. The van der Waals surface area contributed by atoms with Gasteiger partial charge in [0.05, 0.1) is 17.8 Å². The van der Waals surface area contributed by atoms with Gasteiger partial charge in [-0.05, 0) is 31.4 Å². The van der Waals surface area contributed by atoms with E-state index in [0.717, 1.165) is 19.3 Å². The fraction of sp³-hybridized carbons (Fsp3) is 0.333. The summed E-state index contributed by atoms with van der Waals surface area (Å²) in [7, 11) is 0. The second-order valence-corrected chi connectivity index (χ2v) is 5.39. The predicted molar refractivity (Wildman–Crippen MR) is 75.4 cm³/mol. The SMILES string of the molecule is O=c1n(-c2ccccc2)c(=O)n2n1C1C=CCC2CC1. The van der Waals surface area contributed by atoms with Crippen molar-refractivity contribution in [1.82, 2.24) is 13.9 Å². The minimum Gasteiger partial charge on any atom is -0.245 e. The zero-order chi connectivity index (χ0) is 13.7. The zero-order valence-corrected chi connectivity index (χ0v) is 11.0. The number of allylic oxidation sites excluding steroid dienone is 2. The first-order valence-corrected chi connectivity index (χ1v) is 6.95. The molecule has 2 bridgehead atoms. The van der Waals surface area contributed by atoms with Gasteiger partial charge in [-0.1, -0.05) is 30.4 Å². The number of rotatable bonds is 1. The third-order valence-electron chi connectivity index (χ3n) is 4.24. The van der Waals surface area contributed by atoms with Crippen LogP contribution in [-0.4, -0.2) is 13.9 Å². The lowest BCUT2D eigenvalue weighted by atomic mass is 10.1. The Kier molecular flexibility index (Phi) is 2.36. The topological polar surface area (TPSA) is 48.9 Å². The molecule has 0 spiro atoms. The fourth-order valence-corrected chi connectivity index (χ4v) is 3.30. The van der Waals surface area contributed by atoms with E-state index in [-0.39, 0.29) is 23.5 Å². The number of benzene rings is 1. The molecule has 1 aromatic heterocycles. The summed E-state index contributed by atoms with van der Waals surface area (Å²) in [6.45, 7) is 0. The van der Waals surface area contributed by atoms with E-state index in [1.54, 1.807) is 21.5 Å². The van der Waals surface area contributed by atoms with Crippen LogP contribution in [0.1, 0.15) is 31.3 Å². The average molecular weight is 269 g/mol. The van der Waals surface area contributed by atoms with Crippen molar-refractivity contribution in [3.63, 3.8) is 0 Å². The normalized spacial score (nSPS) is 23.6. The lowest BCUT2D eigenvalue weighted by molar-refractivity contribution is 0.257. The van der Waals surface area contributed by atoms with Crippen molar-refractivity contribution >= 4 is 0 Å². The van der Waals surface area contributed by atoms with Crippen molar-refractivity contribution in [3.05, 3.63) is 63.5 Å². The maximum absolute atomic E-state index is 12.7. The second-order valence-electron chi connectivity index (χ2n) is 5.39. The number of aromatic nitrogens is 3. The Balaban J connectivity index is 2.04. The molecule has 3 heterocycles. The predicted octanol–water partition coefficient (Wildman–Crippen LogP) is 1.64. The highest BCUT2D eigenvalue weighted by Gasteiger charge is 2.32. The maximum Gasteiger partial charge on any atom is 0.352 e. The number of hydrogen-bond acceptors (Lipinski definition) is 2. The van der Waals surface area contributed by atoms with Crippen LogP contribution in [-0.2, 0) is 0 Å². The second kappa shape index (κ2) is 4.10. The van der Waals surface area contributed by atoms with Gasteiger partial charge in [0.2, 0.25) is 0 Å². The van der Waals surface area contributed by atoms with Crippen LogP contribution in [0.2, 0.25) is 0 Å². The van der Waals surface area contributed by atoms with Crippen molar-refractivity contribution in [2.24, 2.45) is 0 Å². The monoisotopic (exact) mass is 269 g/mol. The number of fused-ring (bicyclic) bond motifs is 2. The summed E-state index contributed by atoms with van der Waals surface area (Å²) >= 11 is 0. The molecule has 0 amide bonds. The van der Waals surface area contributed by atoms with Crippen molar-refractivity contribution in [2.45, 2.75) is 31.3 Å². The van der Waals surface area contributed by atoms with Crippen LogP contribution >= 0.6 is 0 Å². The molecule has 0 saturated carbocycles. The lowest BCUT2D eigenvalue weighted by Crippen LogP contribution is -2.35. The van der Waals surface area contributed by atoms with E-state index >= 15 is 0 Å². The third-order valence-corrected chi connectivity index (χ3v) is 4.24. The molecule has 0 radical (unpaired) electrons. The third kappa shape index (κ3) is 1.43. The molecule has 0 N–H and O–H groups in total. The lowest BCUT2D eigenvalue weighted by Gasteiger charge is -2.26. The van der Waals surface area contributed by atoms with Crippen LogP contribution in [0, 0.1) is 0 Å². The quantitative estimate of drug-likeness (QED) is 0.739. The molecular formula is C15H15N3O2. The van der Waals surface area contributed by atoms with Crippen molar-refractivity contribution in [3.8, 4) is 5.69 Å². The highest BCUT2D eigenvalue weighted by molar-refractivity contribution is 5.30. The molecule has 1 aromatic carbocycles. The smallest absolute Gasteiger partial charge is 0.245 e. The van der Waals surface area contributed by atoms with Crippen LogP contribution in [0.25, 0.3) is 5.69 Å². The Morgan fingerprint density at radius 2 is 1.70 bits per heavy atom. The Hall–Kier alpha value is -2.30. The minimum atomic E-state index is -0.234. The van der Waals surface area contributed by atoms with Gasteiger partial charge in [-0.2, -0.15) is 0 Å². The van der Waals surface area contributed by atoms with Crippen LogP contribution in [0.15, 0.2) is 52.1 Å². The molecular weight excluding hydrogens is 254 g/mol. The van der Waals surface area contributed by atoms with Gasteiger partial charge in [-0.3, -0.25) is 0 Å². The first-order chi connectivity index (χ1) is 9.77. The Morgan fingerprint density at radius 3 is 2.50 bits per heavy atom. The summed E-state index contributed by atoms with van der Waals surface area (Å²) < 4.78 is 4.57.